The molecule has 0 aliphatic heterocycles. The van der Waals surface area contributed by atoms with Gasteiger partial charge in [-0.2, -0.15) is 0 Å². The fourth-order valence-corrected chi connectivity index (χ4v) is 2.13. The first kappa shape index (κ1) is 15.9. The van der Waals surface area contributed by atoms with E-state index in [1.165, 1.54) is 12.1 Å². The Morgan fingerprint density at radius 2 is 1.90 bits per heavy atom. The Kier molecular flexibility index (Phi) is 5.28. The molecule has 0 aliphatic carbocycles. The van der Waals surface area contributed by atoms with E-state index >= 15 is 0 Å². The molecule has 0 atom stereocenters. The number of rotatable bonds is 4. The molecule has 21 heavy (non-hydrogen) atoms. The predicted molar refractivity (Wildman–Crippen MR) is 84.6 cm³/mol. The highest BCUT2D eigenvalue weighted by Gasteiger charge is 2.10. The summed E-state index contributed by atoms with van der Waals surface area (Å²) in [7, 11) is 0. The minimum Gasteiger partial charge on any atom is -0.482 e. The van der Waals surface area contributed by atoms with E-state index in [9.17, 15) is 4.79 Å². The highest BCUT2D eigenvalue weighted by molar-refractivity contribution is 6.43. The van der Waals surface area contributed by atoms with Crippen molar-refractivity contribution in [3.8, 4) is 5.75 Å². The van der Waals surface area contributed by atoms with Crippen molar-refractivity contribution in [1.29, 1.82) is 0 Å². The lowest BCUT2D eigenvalue weighted by atomic mass is 10.3. The number of nitrogens with one attached hydrogen (secondary N) is 1. The Morgan fingerprint density at radius 1 is 1.19 bits per heavy atom. The largest absolute Gasteiger partial charge is 0.482 e. The van der Waals surface area contributed by atoms with Crippen molar-refractivity contribution in [1.82, 2.24) is 4.98 Å². The monoisotopic (exact) mass is 344 g/mol. The molecule has 4 nitrogen and oxygen atoms in total. The van der Waals surface area contributed by atoms with Gasteiger partial charge in [0.15, 0.2) is 6.61 Å². The van der Waals surface area contributed by atoms with Crippen molar-refractivity contribution < 1.29 is 9.53 Å². The van der Waals surface area contributed by atoms with Crippen molar-refractivity contribution in [2.24, 2.45) is 0 Å². The molecule has 2 rings (SSSR count). The molecular formula is C14H11Cl3N2O2. The molecule has 2 aromatic rings. The van der Waals surface area contributed by atoms with E-state index < -0.39 is 0 Å². The zero-order valence-corrected chi connectivity index (χ0v) is 13.3. The van der Waals surface area contributed by atoms with Crippen LogP contribution in [0.5, 0.6) is 5.75 Å². The molecule has 0 fully saturated rings. The average Bonchev–Trinajstić information content (AvgIpc) is 2.41. The van der Waals surface area contributed by atoms with Gasteiger partial charge in [0.2, 0.25) is 0 Å². The predicted octanol–water partition coefficient (Wildman–Crippen LogP) is 4.37. The molecular weight excluding hydrogens is 335 g/mol. The standard InChI is InChI=1S/C14H11Cl3N2O2/c1-8-2-3-18-13(4-8)19-14(20)7-21-12-6-10(16)9(15)5-11(12)17/h2-6H,7H2,1H3,(H,18,19,20). The number of aromatic nitrogens is 1. The van der Waals surface area contributed by atoms with Gasteiger partial charge in [-0.1, -0.05) is 34.8 Å². The minimum absolute atomic E-state index is 0.215. The van der Waals surface area contributed by atoms with E-state index in [4.69, 9.17) is 39.5 Å². The molecule has 0 saturated carbocycles. The number of nitrogens with zero attached hydrogens (tertiary/aromatic N) is 1. The number of anilines is 1. The van der Waals surface area contributed by atoms with Gasteiger partial charge >= 0.3 is 0 Å². The molecule has 0 radical (unpaired) electrons. The maximum Gasteiger partial charge on any atom is 0.263 e. The number of hydrogen-bond donors (Lipinski definition) is 1. The minimum atomic E-state index is -0.352. The van der Waals surface area contributed by atoms with Crippen LogP contribution >= 0.6 is 34.8 Å². The van der Waals surface area contributed by atoms with E-state index in [0.717, 1.165) is 5.56 Å². The maximum absolute atomic E-state index is 11.8. The number of ether oxygens (including phenoxy) is 1. The van der Waals surface area contributed by atoms with Gasteiger partial charge in [0, 0.05) is 12.3 Å². The van der Waals surface area contributed by atoms with Crippen LogP contribution in [0.1, 0.15) is 5.56 Å². The normalized spacial score (nSPS) is 10.3. The van der Waals surface area contributed by atoms with Gasteiger partial charge in [-0.05, 0) is 30.7 Å². The molecule has 1 aromatic heterocycles. The Hall–Kier alpha value is -1.49. The number of amides is 1. The van der Waals surface area contributed by atoms with Crippen molar-refractivity contribution >= 4 is 46.5 Å². The van der Waals surface area contributed by atoms with Gasteiger partial charge in [-0.3, -0.25) is 4.79 Å². The van der Waals surface area contributed by atoms with Crippen LogP contribution in [0.25, 0.3) is 0 Å². The molecule has 0 bridgehead atoms. The smallest absolute Gasteiger partial charge is 0.263 e. The van der Waals surface area contributed by atoms with Crippen molar-refractivity contribution in [3.05, 3.63) is 51.1 Å². The Labute approximate surface area is 137 Å². The first-order chi connectivity index (χ1) is 9.95. The first-order valence-corrected chi connectivity index (χ1v) is 7.09. The second kappa shape index (κ2) is 6.98. The third-order valence-electron chi connectivity index (χ3n) is 2.52. The van der Waals surface area contributed by atoms with Gasteiger partial charge in [0.25, 0.3) is 5.91 Å². The SMILES string of the molecule is Cc1ccnc(NC(=O)COc2cc(Cl)c(Cl)cc2Cl)c1. The number of halogens is 3. The molecule has 1 heterocycles. The second-order valence-corrected chi connectivity index (χ2v) is 5.47. The maximum atomic E-state index is 11.8. The molecule has 0 unspecified atom stereocenters. The Bertz CT molecular complexity index is 677. The van der Waals surface area contributed by atoms with Crippen molar-refractivity contribution in [2.75, 3.05) is 11.9 Å². The third kappa shape index (κ3) is 4.49. The van der Waals surface area contributed by atoms with E-state index in [1.807, 2.05) is 13.0 Å². The number of hydrogen-bond acceptors (Lipinski definition) is 3. The molecule has 7 heteroatoms. The lowest BCUT2D eigenvalue weighted by Crippen LogP contribution is -2.20. The van der Waals surface area contributed by atoms with Gasteiger partial charge < -0.3 is 10.1 Å². The summed E-state index contributed by atoms with van der Waals surface area (Å²) in [4.78, 5) is 15.8. The molecule has 0 aliphatic rings. The topological polar surface area (TPSA) is 51.2 Å². The number of aryl methyl sites for hydroxylation is 1. The van der Waals surface area contributed by atoms with Crippen molar-refractivity contribution in [2.45, 2.75) is 6.92 Å². The summed E-state index contributed by atoms with van der Waals surface area (Å²) in [5.41, 5.74) is 0.994. The summed E-state index contributed by atoms with van der Waals surface area (Å²) in [6.07, 6.45) is 1.61. The molecule has 1 amide bonds. The summed E-state index contributed by atoms with van der Waals surface area (Å²) >= 11 is 17.6. The lowest BCUT2D eigenvalue weighted by molar-refractivity contribution is -0.118. The molecule has 110 valence electrons. The third-order valence-corrected chi connectivity index (χ3v) is 3.53. The highest BCUT2D eigenvalue weighted by atomic mass is 35.5. The van der Waals surface area contributed by atoms with Crippen LogP contribution in [-0.4, -0.2) is 17.5 Å². The highest BCUT2D eigenvalue weighted by Crippen LogP contribution is 2.33. The van der Waals surface area contributed by atoms with Crippen LogP contribution in [0, 0.1) is 6.92 Å². The van der Waals surface area contributed by atoms with Crippen LogP contribution < -0.4 is 10.1 Å². The summed E-state index contributed by atoms with van der Waals surface area (Å²) in [5, 5.41) is 3.53. The number of carbonyl (C=O) groups is 1. The quantitative estimate of drug-likeness (QED) is 0.837. The van der Waals surface area contributed by atoms with E-state index in [2.05, 4.69) is 10.3 Å². The Morgan fingerprint density at radius 3 is 2.62 bits per heavy atom. The van der Waals surface area contributed by atoms with Crippen molar-refractivity contribution in [3.63, 3.8) is 0 Å². The fourth-order valence-electron chi connectivity index (χ4n) is 1.54. The second-order valence-electron chi connectivity index (χ2n) is 4.25. The fraction of sp³-hybridized carbons (Fsp3) is 0.143. The summed E-state index contributed by atoms with van der Waals surface area (Å²) < 4.78 is 5.32. The number of carbonyl (C=O) groups excluding carboxylic acids is 1. The van der Waals surface area contributed by atoms with Crippen LogP contribution in [0.3, 0.4) is 0 Å². The number of benzene rings is 1. The average molecular weight is 346 g/mol. The van der Waals surface area contributed by atoms with E-state index in [1.54, 1.807) is 12.3 Å². The Balaban J connectivity index is 1.97. The van der Waals surface area contributed by atoms with Crippen LogP contribution in [0.4, 0.5) is 5.82 Å². The van der Waals surface area contributed by atoms with Crippen LogP contribution in [0.2, 0.25) is 15.1 Å². The summed E-state index contributed by atoms with van der Waals surface area (Å²) in [5.74, 6) is 0.400. The molecule has 1 N–H and O–H groups in total. The van der Waals surface area contributed by atoms with Gasteiger partial charge in [-0.15, -0.1) is 0 Å². The van der Waals surface area contributed by atoms with E-state index in [0.29, 0.717) is 21.6 Å². The first-order valence-electron chi connectivity index (χ1n) is 5.95. The lowest BCUT2D eigenvalue weighted by Gasteiger charge is -2.09. The molecule has 0 spiro atoms. The summed E-state index contributed by atoms with van der Waals surface area (Å²) in [6.45, 7) is 1.69. The molecule has 0 saturated heterocycles. The van der Waals surface area contributed by atoms with Crippen LogP contribution in [0.15, 0.2) is 30.5 Å². The van der Waals surface area contributed by atoms with Gasteiger partial charge in [0.1, 0.15) is 11.6 Å². The van der Waals surface area contributed by atoms with Gasteiger partial charge in [0.05, 0.1) is 15.1 Å². The van der Waals surface area contributed by atoms with Gasteiger partial charge in [-0.25, -0.2) is 4.98 Å². The summed E-state index contributed by atoms with van der Waals surface area (Å²) in [6, 6.07) is 6.51. The zero-order chi connectivity index (χ0) is 15.4. The van der Waals surface area contributed by atoms with E-state index in [-0.39, 0.29) is 17.5 Å². The van der Waals surface area contributed by atoms with Crippen LogP contribution in [-0.2, 0) is 4.79 Å². The molecule has 1 aromatic carbocycles. The number of pyridine rings is 1. The zero-order valence-electron chi connectivity index (χ0n) is 11.0.